The molecule has 2 heterocycles. The third-order valence-electron chi connectivity index (χ3n) is 6.00. The van der Waals surface area contributed by atoms with E-state index in [1.807, 2.05) is 28.0 Å². The average molecular weight is 421 g/mol. The number of anilines is 1. The van der Waals surface area contributed by atoms with E-state index in [9.17, 15) is 14.4 Å². The maximum atomic E-state index is 13.3. The highest BCUT2D eigenvalue weighted by Gasteiger charge is 2.35. The molecule has 1 atom stereocenters. The smallest absolute Gasteiger partial charge is 0.256 e. The second-order valence-corrected chi connectivity index (χ2v) is 8.00. The van der Waals surface area contributed by atoms with E-state index in [0.29, 0.717) is 37.4 Å². The number of benzene rings is 1. The minimum Gasteiger partial charge on any atom is -0.337 e. The second-order valence-electron chi connectivity index (χ2n) is 8.00. The van der Waals surface area contributed by atoms with Gasteiger partial charge in [0.2, 0.25) is 11.8 Å². The Morgan fingerprint density at radius 3 is 2.62 bits per heavy atom. The van der Waals surface area contributed by atoms with Crippen molar-refractivity contribution in [2.45, 2.75) is 31.7 Å². The van der Waals surface area contributed by atoms with Crippen LogP contribution in [0, 0.1) is 5.92 Å². The van der Waals surface area contributed by atoms with Crippen LogP contribution >= 0.6 is 12.4 Å². The summed E-state index contributed by atoms with van der Waals surface area (Å²) in [5.74, 6) is 0.244. The second kappa shape index (κ2) is 9.13. The molecule has 3 fully saturated rings. The lowest BCUT2D eigenvalue weighted by Gasteiger charge is -2.41. The lowest BCUT2D eigenvalue weighted by molar-refractivity contribution is -0.135. The Labute approximate surface area is 177 Å². The fourth-order valence-electron chi connectivity index (χ4n) is 4.24. The molecule has 1 unspecified atom stereocenters. The topological polar surface area (TPSA) is 73.0 Å². The van der Waals surface area contributed by atoms with Crippen molar-refractivity contribution < 1.29 is 14.4 Å². The average Bonchev–Trinajstić information content (AvgIpc) is 3.58. The predicted molar refractivity (Wildman–Crippen MR) is 113 cm³/mol. The van der Waals surface area contributed by atoms with Gasteiger partial charge in [0.1, 0.15) is 0 Å². The lowest BCUT2D eigenvalue weighted by atomic mass is 10.0. The summed E-state index contributed by atoms with van der Waals surface area (Å²) in [5, 5.41) is 3.10. The highest BCUT2D eigenvalue weighted by molar-refractivity contribution is 6.05. The van der Waals surface area contributed by atoms with Crippen molar-refractivity contribution >= 4 is 35.8 Å². The summed E-state index contributed by atoms with van der Waals surface area (Å²) in [4.78, 5) is 43.5. The van der Waals surface area contributed by atoms with Crippen LogP contribution in [0.25, 0.3) is 0 Å². The Balaban J connectivity index is 0.00000240. The number of rotatable bonds is 4. The van der Waals surface area contributed by atoms with Gasteiger partial charge >= 0.3 is 0 Å². The van der Waals surface area contributed by atoms with Gasteiger partial charge in [0.25, 0.3) is 5.91 Å². The number of carbonyl (C=O) groups is 3. The Kier molecular flexibility index (Phi) is 6.80. The van der Waals surface area contributed by atoms with Crippen molar-refractivity contribution in [3.63, 3.8) is 0 Å². The fourth-order valence-corrected chi connectivity index (χ4v) is 4.24. The number of piperazine rings is 1. The van der Waals surface area contributed by atoms with Crippen LogP contribution in [0.15, 0.2) is 24.3 Å². The number of likely N-dealkylation sites (tertiary alicyclic amines) is 1. The van der Waals surface area contributed by atoms with E-state index in [1.165, 1.54) is 0 Å². The van der Waals surface area contributed by atoms with Gasteiger partial charge in [-0.15, -0.1) is 12.4 Å². The molecule has 4 rings (SSSR count). The molecule has 0 bridgehead atoms. The number of para-hydroxylation sites is 1. The largest absolute Gasteiger partial charge is 0.337 e. The molecule has 1 aliphatic carbocycles. The Morgan fingerprint density at radius 2 is 1.90 bits per heavy atom. The van der Waals surface area contributed by atoms with Crippen LogP contribution in [-0.4, -0.2) is 73.3 Å². The molecule has 3 aliphatic rings. The van der Waals surface area contributed by atoms with Gasteiger partial charge < -0.3 is 20.0 Å². The third-order valence-corrected chi connectivity index (χ3v) is 6.00. The molecule has 1 saturated carbocycles. The molecule has 1 aromatic carbocycles. The first-order chi connectivity index (χ1) is 13.6. The Morgan fingerprint density at radius 1 is 1.14 bits per heavy atom. The first-order valence-corrected chi connectivity index (χ1v) is 10.2. The molecule has 8 heteroatoms. The first-order valence-electron chi connectivity index (χ1n) is 10.2. The standard InChI is InChI=1S/C21H28N4O3.ClH/c1-23(20(27)15-8-9-15)18-7-3-2-6-17(18)21(28)24-11-4-5-16(14-24)25-12-10-22-13-19(25)26;/h2-3,6-7,15-16,22H,4-5,8-14H2,1H3;1H. The van der Waals surface area contributed by atoms with Gasteiger partial charge in [0.05, 0.1) is 17.8 Å². The highest BCUT2D eigenvalue weighted by Crippen LogP contribution is 2.33. The van der Waals surface area contributed by atoms with E-state index in [1.54, 1.807) is 18.0 Å². The molecule has 158 valence electrons. The van der Waals surface area contributed by atoms with E-state index in [4.69, 9.17) is 0 Å². The van der Waals surface area contributed by atoms with Gasteiger partial charge in [-0.25, -0.2) is 0 Å². The van der Waals surface area contributed by atoms with Gasteiger partial charge in [-0.05, 0) is 37.8 Å². The normalized spacial score (nSPS) is 22.1. The number of halogens is 1. The van der Waals surface area contributed by atoms with Gasteiger partial charge in [0.15, 0.2) is 0 Å². The monoisotopic (exact) mass is 420 g/mol. The molecule has 1 aromatic rings. The SMILES string of the molecule is CN(C(=O)C1CC1)c1ccccc1C(=O)N1CCCC(N2CCNCC2=O)C1.Cl. The number of amides is 3. The third kappa shape index (κ3) is 4.56. The maximum absolute atomic E-state index is 13.3. The molecule has 3 amide bonds. The van der Waals surface area contributed by atoms with Crippen molar-refractivity contribution in [1.82, 2.24) is 15.1 Å². The quantitative estimate of drug-likeness (QED) is 0.801. The summed E-state index contributed by atoms with van der Waals surface area (Å²) in [5.41, 5.74) is 1.23. The minimum atomic E-state index is -0.0571. The van der Waals surface area contributed by atoms with Crippen molar-refractivity contribution in [3.8, 4) is 0 Å². The van der Waals surface area contributed by atoms with E-state index < -0.39 is 0 Å². The number of hydrogen-bond acceptors (Lipinski definition) is 4. The number of carbonyl (C=O) groups excluding carboxylic acids is 3. The lowest BCUT2D eigenvalue weighted by Crippen LogP contribution is -2.57. The summed E-state index contributed by atoms with van der Waals surface area (Å²) >= 11 is 0. The molecule has 0 radical (unpaired) electrons. The summed E-state index contributed by atoms with van der Waals surface area (Å²) in [6.07, 6.45) is 3.68. The molecular weight excluding hydrogens is 392 g/mol. The molecular formula is C21H29ClN4O3. The van der Waals surface area contributed by atoms with Crippen LogP contribution in [0.1, 0.15) is 36.0 Å². The van der Waals surface area contributed by atoms with E-state index in [-0.39, 0.29) is 42.1 Å². The molecule has 7 nitrogen and oxygen atoms in total. The Hall–Kier alpha value is -2.12. The first kappa shape index (κ1) is 21.6. The predicted octanol–water partition coefficient (Wildman–Crippen LogP) is 1.52. The summed E-state index contributed by atoms with van der Waals surface area (Å²) in [7, 11) is 1.76. The summed E-state index contributed by atoms with van der Waals surface area (Å²) < 4.78 is 0. The fraction of sp³-hybridized carbons (Fsp3) is 0.571. The zero-order valence-electron chi connectivity index (χ0n) is 16.8. The number of nitrogens with one attached hydrogen (secondary N) is 1. The molecule has 2 saturated heterocycles. The number of piperidine rings is 1. The van der Waals surface area contributed by atoms with Gasteiger partial charge in [-0.2, -0.15) is 0 Å². The minimum absolute atomic E-state index is 0. The van der Waals surface area contributed by atoms with Crippen molar-refractivity contribution in [1.29, 1.82) is 0 Å². The number of hydrogen-bond donors (Lipinski definition) is 1. The number of nitrogens with zero attached hydrogens (tertiary/aromatic N) is 3. The highest BCUT2D eigenvalue weighted by atomic mass is 35.5. The molecule has 29 heavy (non-hydrogen) atoms. The van der Waals surface area contributed by atoms with Crippen LogP contribution in [-0.2, 0) is 9.59 Å². The Bertz CT molecular complexity index is 783. The maximum Gasteiger partial charge on any atom is 0.256 e. The molecule has 1 N–H and O–H groups in total. The van der Waals surface area contributed by atoms with Gasteiger partial charge in [-0.1, -0.05) is 12.1 Å². The summed E-state index contributed by atoms with van der Waals surface area (Å²) in [6, 6.07) is 7.42. The van der Waals surface area contributed by atoms with Crippen LogP contribution in [0.5, 0.6) is 0 Å². The van der Waals surface area contributed by atoms with Crippen LogP contribution in [0.2, 0.25) is 0 Å². The van der Waals surface area contributed by atoms with Crippen molar-refractivity contribution in [3.05, 3.63) is 29.8 Å². The van der Waals surface area contributed by atoms with Crippen LogP contribution in [0.3, 0.4) is 0 Å². The van der Waals surface area contributed by atoms with Gasteiger partial charge in [-0.3, -0.25) is 14.4 Å². The van der Waals surface area contributed by atoms with Gasteiger partial charge in [0, 0.05) is 45.2 Å². The van der Waals surface area contributed by atoms with E-state index >= 15 is 0 Å². The molecule has 0 aromatic heterocycles. The zero-order valence-corrected chi connectivity index (χ0v) is 17.6. The zero-order chi connectivity index (χ0) is 19.7. The van der Waals surface area contributed by atoms with Crippen LogP contribution in [0.4, 0.5) is 5.69 Å². The van der Waals surface area contributed by atoms with Crippen molar-refractivity contribution in [2.75, 3.05) is 44.7 Å². The molecule has 0 spiro atoms. The van der Waals surface area contributed by atoms with E-state index in [2.05, 4.69) is 5.32 Å². The summed E-state index contributed by atoms with van der Waals surface area (Å²) in [6.45, 7) is 3.11. The van der Waals surface area contributed by atoms with Crippen molar-refractivity contribution in [2.24, 2.45) is 5.92 Å². The van der Waals surface area contributed by atoms with E-state index in [0.717, 1.165) is 32.2 Å². The molecule has 2 aliphatic heterocycles. The van der Waals surface area contributed by atoms with Crippen LogP contribution < -0.4 is 10.2 Å².